The lowest BCUT2D eigenvalue weighted by molar-refractivity contribution is -0.137. The summed E-state index contributed by atoms with van der Waals surface area (Å²) in [6, 6.07) is 18.9. The number of benzene rings is 2. The number of hydrogen-bond acceptors (Lipinski definition) is 2. The molecule has 1 heterocycles. The molecule has 0 aliphatic heterocycles. The summed E-state index contributed by atoms with van der Waals surface area (Å²) < 4.78 is 7.23. The highest BCUT2D eigenvalue weighted by Gasteiger charge is 2.11. The minimum Gasteiger partial charge on any atom is -0.463 e. The van der Waals surface area contributed by atoms with Gasteiger partial charge in [0.05, 0.1) is 6.61 Å². The van der Waals surface area contributed by atoms with E-state index in [-0.39, 0.29) is 5.97 Å². The maximum Gasteiger partial charge on any atom is 0.330 e. The molecule has 0 fully saturated rings. The Kier molecular flexibility index (Phi) is 5.69. The van der Waals surface area contributed by atoms with Gasteiger partial charge in [-0.15, -0.1) is 0 Å². The van der Waals surface area contributed by atoms with Crippen molar-refractivity contribution >= 4 is 22.9 Å². The van der Waals surface area contributed by atoms with Gasteiger partial charge in [0.1, 0.15) is 0 Å². The molecule has 0 aliphatic rings. The number of carbonyl (C=O) groups is 1. The highest BCUT2D eigenvalue weighted by molar-refractivity contribution is 5.91. The maximum absolute atomic E-state index is 11.4. The zero-order chi connectivity index (χ0) is 18.4. The minimum absolute atomic E-state index is 0.319. The highest BCUT2D eigenvalue weighted by Crippen LogP contribution is 2.27. The SMILES string of the molecule is CCOC(=O)/C=C/C=C/c1c(C)n(Cc2ccccc2)c2ccccc12. The summed E-state index contributed by atoms with van der Waals surface area (Å²) in [5.41, 5.74) is 4.86. The Labute approximate surface area is 154 Å². The second kappa shape index (κ2) is 8.34. The molecule has 0 saturated carbocycles. The molecule has 3 aromatic rings. The number of fused-ring (bicyclic) bond motifs is 1. The molecule has 0 radical (unpaired) electrons. The van der Waals surface area contributed by atoms with Gasteiger partial charge in [-0.05, 0) is 25.5 Å². The number of aromatic nitrogens is 1. The zero-order valence-electron chi connectivity index (χ0n) is 15.2. The number of ether oxygens (including phenoxy) is 1. The second-order valence-corrected chi connectivity index (χ2v) is 6.06. The molecule has 26 heavy (non-hydrogen) atoms. The first-order valence-electron chi connectivity index (χ1n) is 8.84. The number of nitrogens with zero attached hydrogens (tertiary/aromatic N) is 1. The van der Waals surface area contributed by atoms with Crippen molar-refractivity contribution in [2.75, 3.05) is 6.61 Å². The van der Waals surface area contributed by atoms with Gasteiger partial charge >= 0.3 is 5.97 Å². The molecule has 0 N–H and O–H groups in total. The molecule has 0 unspecified atom stereocenters. The van der Waals surface area contributed by atoms with Crippen molar-refractivity contribution in [3.8, 4) is 0 Å². The fourth-order valence-electron chi connectivity index (χ4n) is 3.11. The van der Waals surface area contributed by atoms with E-state index in [4.69, 9.17) is 4.74 Å². The summed E-state index contributed by atoms with van der Waals surface area (Å²) in [7, 11) is 0. The number of hydrogen-bond donors (Lipinski definition) is 0. The molecule has 0 aliphatic carbocycles. The van der Waals surface area contributed by atoms with Crippen molar-refractivity contribution in [3.05, 3.63) is 89.6 Å². The third-order valence-corrected chi connectivity index (χ3v) is 4.36. The average Bonchev–Trinajstić information content (AvgIpc) is 2.92. The zero-order valence-corrected chi connectivity index (χ0v) is 15.2. The van der Waals surface area contributed by atoms with Crippen LogP contribution in [0, 0.1) is 6.92 Å². The molecule has 3 heteroatoms. The van der Waals surface area contributed by atoms with Crippen LogP contribution in [0.5, 0.6) is 0 Å². The van der Waals surface area contributed by atoms with Gasteiger partial charge in [0, 0.05) is 34.8 Å². The van der Waals surface area contributed by atoms with Crippen LogP contribution in [0.1, 0.15) is 23.7 Å². The molecule has 3 rings (SSSR count). The summed E-state index contributed by atoms with van der Waals surface area (Å²) in [5.74, 6) is -0.319. The predicted octanol–water partition coefficient (Wildman–Crippen LogP) is 5.13. The van der Waals surface area contributed by atoms with Gasteiger partial charge in [0.2, 0.25) is 0 Å². The van der Waals surface area contributed by atoms with E-state index in [9.17, 15) is 4.79 Å². The lowest BCUT2D eigenvalue weighted by Crippen LogP contribution is -2.01. The lowest BCUT2D eigenvalue weighted by atomic mass is 10.1. The van der Waals surface area contributed by atoms with Crippen molar-refractivity contribution in [2.45, 2.75) is 20.4 Å². The number of allylic oxidation sites excluding steroid dienone is 2. The Morgan fingerprint density at radius 1 is 1.04 bits per heavy atom. The van der Waals surface area contributed by atoms with E-state index in [1.54, 1.807) is 13.0 Å². The molecule has 3 nitrogen and oxygen atoms in total. The van der Waals surface area contributed by atoms with Crippen LogP contribution < -0.4 is 0 Å². The van der Waals surface area contributed by atoms with Crippen molar-refractivity contribution in [3.63, 3.8) is 0 Å². The fraction of sp³-hybridized carbons (Fsp3) is 0.174. The average molecular weight is 345 g/mol. The molecular formula is C23H23NO2. The van der Waals surface area contributed by atoms with Crippen molar-refractivity contribution in [1.82, 2.24) is 4.57 Å². The Morgan fingerprint density at radius 3 is 2.54 bits per heavy atom. The van der Waals surface area contributed by atoms with E-state index in [0.717, 1.165) is 6.54 Å². The summed E-state index contributed by atoms with van der Waals surface area (Å²) >= 11 is 0. The van der Waals surface area contributed by atoms with Crippen molar-refractivity contribution in [2.24, 2.45) is 0 Å². The topological polar surface area (TPSA) is 31.2 Å². The van der Waals surface area contributed by atoms with Gasteiger partial charge in [-0.1, -0.05) is 66.8 Å². The summed E-state index contributed by atoms with van der Waals surface area (Å²) in [6.45, 7) is 5.16. The maximum atomic E-state index is 11.4. The Bertz CT molecular complexity index is 949. The van der Waals surface area contributed by atoms with Crippen LogP contribution in [0.2, 0.25) is 0 Å². The van der Waals surface area contributed by atoms with Gasteiger partial charge in [-0.2, -0.15) is 0 Å². The minimum atomic E-state index is -0.319. The summed E-state index contributed by atoms with van der Waals surface area (Å²) in [5, 5.41) is 1.21. The van der Waals surface area contributed by atoms with Crippen molar-refractivity contribution < 1.29 is 9.53 Å². The lowest BCUT2D eigenvalue weighted by Gasteiger charge is -2.08. The van der Waals surface area contributed by atoms with Crippen LogP contribution in [0.25, 0.3) is 17.0 Å². The fourth-order valence-corrected chi connectivity index (χ4v) is 3.11. The van der Waals surface area contributed by atoms with E-state index < -0.39 is 0 Å². The third-order valence-electron chi connectivity index (χ3n) is 4.36. The van der Waals surface area contributed by atoms with E-state index in [1.807, 2.05) is 12.1 Å². The number of rotatable bonds is 6. The van der Waals surface area contributed by atoms with Crippen molar-refractivity contribution in [1.29, 1.82) is 0 Å². The summed E-state index contributed by atoms with van der Waals surface area (Å²) in [4.78, 5) is 11.4. The monoisotopic (exact) mass is 345 g/mol. The van der Waals surface area contributed by atoms with Crippen LogP contribution in [0.15, 0.2) is 72.8 Å². The van der Waals surface area contributed by atoms with Crippen LogP contribution in [-0.4, -0.2) is 17.1 Å². The largest absolute Gasteiger partial charge is 0.463 e. The Morgan fingerprint density at radius 2 is 1.77 bits per heavy atom. The van der Waals surface area contributed by atoms with Crippen LogP contribution in [-0.2, 0) is 16.1 Å². The van der Waals surface area contributed by atoms with Crippen LogP contribution in [0.4, 0.5) is 0 Å². The van der Waals surface area contributed by atoms with Gasteiger partial charge in [-0.25, -0.2) is 4.79 Å². The smallest absolute Gasteiger partial charge is 0.330 e. The molecule has 0 spiro atoms. The van der Waals surface area contributed by atoms with Gasteiger partial charge in [-0.3, -0.25) is 0 Å². The van der Waals surface area contributed by atoms with E-state index in [2.05, 4.69) is 66.1 Å². The second-order valence-electron chi connectivity index (χ2n) is 6.06. The molecule has 0 atom stereocenters. The van der Waals surface area contributed by atoms with Crippen LogP contribution in [0.3, 0.4) is 0 Å². The van der Waals surface area contributed by atoms with Gasteiger partial charge in [0.25, 0.3) is 0 Å². The first-order chi connectivity index (χ1) is 12.7. The first kappa shape index (κ1) is 17.7. The van der Waals surface area contributed by atoms with E-state index >= 15 is 0 Å². The normalized spacial score (nSPS) is 11.6. The molecule has 1 aromatic heterocycles. The van der Waals surface area contributed by atoms with Gasteiger partial charge in [0.15, 0.2) is 0 Å². The molecule has 0 bridgehead atoms. The van der Waals surface area contributed by atoms with Crippen LogP contribution >= 0.6 is 0 Å². The number of esters is 1. The summed E-state index contributed by atoms with van der Waals surface area (Å²) in [6.07, 6.45) is 7.10. The first-order valence-corrected chi connectivity index (χ1v) is 8.84. The molecule has 0 saturated heterocycles. The van der Waals surface area contributed by atoms with E-state index in [0.29, 0.717) is 6.61 Å². The van der Waals surface area contributed by atoms with E-state index in [1.165, 1.54) is 33.8 Å². The predicted molar refractivity (Wildman–Crippen MR) is 107 cm³/mol. The molecule has 132 valence electrons. The highest BCUT2D eigenvalue weighted by atomic mass is 16.5. The van der Waals surface area contributed by atoms with Gasteiger partial charge < -0.3 is 9.30 Å². The Hall–Kier alpha value is -3.07. The standard InChI is InChI=1S/C23H23NO2/c1-3-26-23(25)16-10-8-13-20-18(2)24(17-19-11-5-4-6-12-19)22-15-9-7-14-21(20)22/h4-16H,3,17H2,1-2H3/b13-8+,16-10+. The molecule has 2 aromatic carbocycles. The Balaban J connectivity index is 1.93. The number of para-hydroxylation sites is 1. The third kappa shape index (κ3) is 3.94. The molecular weight excluding hydrogens is 322 g/mol. The number of carbonyl (C=O) groups excluding carboxylic acids is 1. The quantitative estimate of drug-likeness (QED) is 0.352. The molecule has 0 amide bonds.